The van der Waals surface area contributed by atoms with Gasteiger partial charge in [-0.1, -0.05) is 85.0 Å². The standard InChI is InChI=1S/C32H61N3O6S/c1-23(2)18-29(36)30(37)28(20-26-14-10-7-11-15-26)34-31(38)24(3)21-33-32(39)27(19-25-12-8-6-9-13-25)22-42(40,41)17-16-35(4)5/h23-30,36-37H,6-22H2,1-5H3,(H,33,39)(H,34,38)/t24-,27+,28+,29+,30-/m1/s1. The van der Waals surface area contributed by atoms with Crippen molar-refractivity contribution in [2.24, 2.45) is 29.6 Å². The predicted octanol–water partition coefficient (Wildman–Crippen LogP) is 3.52. The Hall–Kier alpha value is -1.23. The van der Waals surface area contributed by atoms with E-state index in [0.29, 0.717) is 37.6 Å². The summed E-state index contributed by atoms with van der Waals surface area (Å²) in [7, 11) is 0.246. The predicted molar refractivity (Wildman–Crippen MR) is 169 cm³/mol. The summed E-state index contributed by atoms with van der Waals surface area (Å²) in [6.45, 7) is 6.21. The number of carbonyl (C=O) groups is 2. The molecule has 0 unspecified atom stereocenters. The summed E-state index contributed by atoms with van der Waals surface area (Å²) < 4.78 is 25.8. The molecule has 2 saturated carbocycles. The van der Waals surface area contributed by atoms with Gasteiger partial charge in [-0.15, -0.1) is 0 Å². The minimum absolute atomic E-state index is 0.0145. The van der Waals surface area contributed by atoms with E-state index in [-0.39, 0.29) is 35.8 Å². The summed E-state index contributed by atoms with van der Waals surface area (Å²) in [6.07, 6.45) is 10.7. The Kier molecular flexibility index (Phi) is 16.3. The van der Waals surface area contributed by atoms with Crippen LogP contribution in [0.1, 0.15) is 104 Å². The largest absolute Gasteiger partial charge is 0.390 e. The molecule has 0 aromatic rings. The molecule has 2 aliphatic carbocycles. The van der Waals surface area contributed by atoms with Crippen molar-refractivity contribution < 1.29 is 28.2 Å². The van der Waals surface area contributed by atoms with Crippen LogP contribution in [0.25, 0.3) is 0 Å². The first-order valence-corrected chi connectivity index (χ1v) is 18.4. The smallest absolute Gasteiger partial charge is 0.224 e. The number of nitrogens with zero attached hydrogens (tertiary/aromatic N) is 1. The van der Waals surface area contributed by atoms with Crippen LogP contribution in [0.5, 0.6) is 0 Å². The third-order valence-electron chi connectivity index (χ3n) is 9.21. The van der Waals surface area contributed by atoms with E-state index in [4.69, 9.17) is 0 Å². The molecule has 9 nitrogen and oxygen atoms in total. The normalized spacial score (nSPS) is 21.1. The molecule has 2 rings (SSSR count). The summed E-state index contributed by atoms with van der Waals surface area (Å²) >= 11 is 0. The van der Waals surface area contributed by atoms with Crippen LogP contribution in [0.2, 0.25) is 0 Å². The van der Waals surface area contributed by atoms with Crippen LogP contribution in [-0.4, -0.2) is 92.3 Å². The lowest BCUT2D eigenvalue weighted by Crippen LogP contribution is -2.52. The molecule has 4 N–H and O–H groups in total. The fraction of sp³-hybridized carbons (Fsp3) is 0.938. The number of aliphatic hydroxyl groups is 2. The van der Waals surface area contributed by atoms with E-state index in [2.05, 4.69) is 10.6 Å². The van der Waals surface area contributed by atoms with E-state index in [1.165, 1.54) is 12.8 Å². The molecule has 0 saturated heterocycles. The minimum Gasteiger partial charge on any atom is -0.390 e. The van der Waals surface area contributed by atoms with Crippen LogP contribution >= 0.6 is 0 Å². The van der Waals surface area contributed by atoms with Gasteiger partial charge < -0.3 is 25.7 Å². The molecule has 246 valence electrons. The second kappa shape index (κ2) is 18.5. The first-order chi connectivity index (χ1) is 19.8. The highest BCUT2D eigenvalue weighted by Crippen LogP contribution is 2.31. The third kappa shape index (κ3) is 14.0. The second-order valence-corrected chi connectivity index (χ2v) is 16.3. The first kappa shape index (κ1) is 37.0. The van der Waals surface area contributed by atoms with Crippen molar-refractivity contribution in [3.05, 3.63) is 0 Å². The summed E-state index contributed by atoms with van der Waals surface area (Å²) in [5.41, 5.74) is 0. The van der Waals surface area contributed by atoms with E-state index < -0.39 is 39.9 Å². The van der Waals surface area contributed by atoms with Gasteiger partial charge in [0.1, 0.15) is 6.10 Å². The molecule has 42 heavy (non-hydrogen) atoms. The van der Waals surface area contributed by atoms with Gasteiger partial charge in [-0.3, -0.25) is 9.59 Å². The molecule has 0 radical (unpaired) electrons. The van der Waals surface area contributed by atoms with E-state index in [9.17, 15) is 28.2 Å². The Balaban J connectivity index is 2.02. The van der Waals surface area contributed by atoms with Gasteiger partial charge in [0.25, 0.3) is 0 Å². The minimum atomic E-state index is -3.42. The average Bonchev–Trinajstić information content (AvgIpc) is 2.94. The van der Waals surface area contributed by atoms with E-state index in [1.807, 2.05) is 32.8 Å². The van der Waals surface area contributed by atoms with Gasteiger partial charge in [-0.25, -0.2) is 8.42 Å². The highest BCUT2D eigenvalue weighted by atomic mass is 32.2. The van der Waals surface area contributed by atoms with Crippen LogP contribution in [0, 0.1) is 29.6 Å². The monoisotopic (exact) mass is 615 g/mol. The van der Waals surface area contributed by atoms with Crippen molar-refractivity contribution in [1.82, 2.24) is 15.5 Å². The summed E-state index contributed by atoms with van der Waals surface area (Å²) in [5.74, 6) is -1.00. The maximum absolute atomic E-state index is 13.4. The average molecular weight is 616 g/mol. The molecule has 2 amide bonds. The zero-order chi connectivity index (χ0) is 31.3. The Morgan fingerprint density at radius 3 is 1.93 bits per heavy atom. The van der Waals surface area contributed by atoms with Crippen LogP contribution in [0.15, 0.2) is 0 Å². The molecule has 5 atom stereocenters. The number of nitrogens with one attached hydrogen (secondary N) is 2. The molecule has 10 heteroatoms. The zero-order valence-electron chi connectivity index (χ0n) is 27.0. The lowest BCUT2D eigenvalue weighted by atomic mass is 9.82. The van der Waals surface area contributed by atoms with Gasteiger partial charge in [0, 0.05) is 13.1 Å². The number of hydrogen-bond acceptors (Lipinski definition) is 7. The lowest BCUT2D eigenvalue weighted by molar-refractivity contribution is -0.128. The van der Waals surface area contributed by atoms with E-state index in [1.54, 1.807) is 6.92 Å². The Morgan fingerprint density at radius 2 is 1.40 bits per heavy atom. The molecule has 0 spiro atoms. The van der Waals surface area contributed by atoms with E-state index >= 15 is 0 Å². The molecule has 0 bridgehead atoms. The zero-order valence-corrected chi connectivity index (χ0v) is 27.8. The summed E-state index contributed by atoms with van der Waals surface area (Å²) in [5, 5.41) is 27.6. The SMILES string of the molecule is CC(C)C[C@H](O)[C@H](O)[C@H](CC1CCCCC1)NC(=O)[C@H](C)CNC(=O)[C@@H](CC1CCCCC1)CS(=O)(=O)CCN(C)C. The van der Waals surface area contributed by atoms with E-state index in [0.717, 1.165) is 51.4 Å². The Bertz CT molecular complexity index is 900. The van der Waals surface area contributed by atoms with Gasteiger partial charge in [0.15, 0.2) is 9.84 Å². The van der Waals surface area contributed by atoms with Crippen molar-refractivity contribution in [3.63, 3.8) is 0 Å². The second-order valence-electron chi connectivity index (χ2n) is 14.0. The highest BCUT2D eigenvalue weighted by Gasteiger charge is 2.33. The molecule has 2 fully saturated rings. The van der Waals surface area contributed by atoms with Crippen molar-refractivity contribution >= 4 is 21.7 Å². The highest BCUT2D eigenvalue weighted by molar-refractivity contribution is 7.91. The van der Waals surface area contributed by atoms with Gasteiger partial charge in [-0.2, -0.15) is 0 Å². The summed E-state index contributed by atoms with van der Waals surface area (Å²) in [6, 6.07) is -0.562. The number of carbonyl (C=O) groups excluding carboxylic acids is 2. The van der Waals surface area contributed by atoms with Crippen LogP contribution in [0.4, 0.5) is 0 Å². The van der Waals surface area contributed by atoms with Crippen molar-refractivity contribution in [2.45, 2.75) is 122 Å². The lowest BCUT2D eigenvalue weighted by Gasteiger charge is -2.33. The molecule has 2 aliphatic rings. The first-order valence-electron chi connectivity index (χ1n) is 16.6. The number of amides is 2. The van der Waals surface area contributed by atoms with Gasteiger partial charge in [0.2, 0.25) is 11.8 Å². The molecular formula is C32H61N3O6S. The third-order valence-corrected chi connectivity index (χ3v) is 10.9. The van der Waals surface area contributed by atoms with Crippen molar-refractivity contribution in [3.8, 4) is 0 Å². The van der Waals surface area contributed by atoms with Gasteiger partial charge in [-0.05, 0) is 51.1 Å². The maximum atomic E-state index is 13.4. The van der Waals surface area contributed by atoms with Crippen molar-refractivity contribution in [2.75, 3.05) is 38.7 Å². The number of aliphatic hydroxyl groups excluding tert-OH is 2. The molecular weight excluding hydrogens is 554 g/mol. The molecule has 0 heterocycles. The number of sulfone groups is 1. The quantitative estimate of drug-likeness (QED) is 0.185. The van der Waals surface area contributed by atoms with Crippen LogP contribution in [-0.2, 0) is 19.4 Å². The van der Waals surface area contributed by atoms with Crippen LogP contribution < -0.4 is 10.6 Å². The van der Waals surface area contributed by atoms with Crippen LogP contribution in [0.3, 0.4) is 0 Å². The molecule has 0 aliphatic heterocycles. The Labute approximate surface area is 255 Å². The van der Waals surface area contributed by atoms with Crippen molar-refractivity contribution in [1.29, 1.82) is 0 Å². The molecule has 0 aromatic carbocycles. The number of rotatable bonds is 18. The topological polar surface area (TPSA) is 136 Å². The van der Waals surface area contributed by atoms with Gasteiger partial charge in [0.05, 0.1) is 35.5 Å². The fourth-order valence-electron chi connectivity index (χ4n) is 6.56. The van der Waals surface area contributed by atoms with Gasteiger partial charge >= 0.3 is 0 Å². The maximum Gasteiger partial charge on any atom is 0.224 e. The number of hydrogen-bond donors (Lipinski definition) is 4. The fourth-order valence-corrected chi connectivity index (χ4v) is 8.27. The molecule has 0 aromatic heterocycles. The Morgan fingerprint density at radius 1 is 0.857 bits per heavy atom. The summed E-state index contributed by atoms with van der Waals surface area (Å²) in [4.78, 5) is 28.4.